The van der Waals surface area contributed by atoms with Gasteiger partial charge >= 0.3 is 7.12 Å². The number of nitrogens with one attached hydrogen (secondary N) is 2. The first-order valence-electron chi connectivity index (χ1n) is 11.2. The summed E-state index contributed by atoms with van der Waals surface area (Å²) < 4.78 is 28.2. The predicted octanol–water partition coefficient (Wildman–Crippen LogP) is 2.55. The molecule has 0 spiro atoms. The molecule has 3 aromatic carbocycles. The summed E-state index contributed by atoms with van der Waals surface area (Å²) in [6.45, 7) is 2.33. The van der Waals surface area contributed by atoms with E-state index >= 15 is 0 Å². The Hall–Kier alpha value is -3.93. The summed E-state index contributed by atoms with van der Waals surface area (Å²) in [6.07, 6.45) is 1.12. The fraction of sp³-hybridized carbons (Fsp3) is 0.120. The average Bonchev–Trinajstić information content (AvgIpc) is 3.18. The third-order valence-electron chi connectivity index (χ3n) is 5.83. The molecule has 2 heterocycles. The van der Waals surface area contributed by atoms with Gasteiger partial charge in [-0.05, 0) is 48.3 Å². The zero-order valence-electron chi connectivity index (χ0n) is 19.7. The second-order valence-electron chi connectivity index (χ2n) is 8.60. The molecule has 0 aliphatic rings. The Morgan fingerprint density at radius 2 is 1.72 bits per heavy atom. The molecule has 5 aromatic rings. The maximum Gasteiger partial charge on any atom is 0.488 e. The lowest BCUT2D eigenvalue weighted by Crippen LogP contribution is -2.30. The van der Waals surface area contributed by atoms with Crippen molar-refractivity contribution in [3.05, 3.63) is 84.1 Å². The number of sulfonamides is 1. The number of aryl methyl sites for hydroxylation is 1. The molecule has 0 amide bonds. The highest BCUT2D eigenvalue weighted by molar-refractivity contribution is 7.92. The Bertz CT molecular complexity index is 1700. The van der Waals surface area contributed by atoms with Gasteiger partial charge in [-0.3, -0.25) is 9.29 Å². The van der Waals surface area contributed by atoms with Crippen LogP contribution in [0.1, 0.15) is 11.3 Å². The topological polar surface area (TPSA) is 129 Å². The highest BCUT2D eigenvalue weighted by Crippen LogP contribution is 2.31. The molecule has 9 nitrogen and oxygen atoms in total. The minimum atomic E-state index is -3.45. The summed E-state index contributed by atoms with van der Waals surface area (Å²) in [5.41, 5.74) is 4.13. The number of para-hydroxylation sites is 1. The van der Waals surface area contributed by atoms with Crippen LogP contribution in [0.25, 0.3) is 27.8 Å². The van der Waals surface area contributed by atoms with Crippen LogP contribution in [-0.2, 0) is 16.6 Å². The number of rotatable bonds is 7. The Morgan fingerprint density at radius 3 is 2.50 bits per heavy atom. The number of aromatic nitrogens is 3. The Morgan fingerprint density at radius 1 is 0.944 bits per heavy atom. The Balaban J connectivity index is 1.60. The highest BCUT2D eigenvalue weighted by Gasteiger charge is 2.17. The minimum absolute atomic E-state index is 0.412. The number of nitrogens with zero attached hydrogens (tertiary/aromatic N) is 3. The van der Waals surface area contributed by atoms with Crippen molar-refractivity contribution in [2.75, 3.05) is 16.3 Å². The summed E-state index contributed by atoms with van der Waals surface area (Å²) >= 11 is 0. The smallest absolute Gasteiger partial charge is 0.423 e. The third-order valence-corrected chi connectivity index (χ3v) is 6.42. The molecular formula is C25H24BN5O4S. The number of benzene rings is 3. The SMILES string of the molecule is Cc1cc2c(NS(C)(=O)=O)cccc2n1-c1nc(NCc2cccc(B(O)O)c2)c2ccccc2n1. The van der Waals surface area contributed by atoms with Crippen molar-refractivity contribution in [1.82, 2.24) is 14.5 Å². The molecular weight excluding hydrogens is 477 g/mol. The van der Waals surface area contributed by atoms with Gasteiger partial charge in [0.25, 0.3) is 0 Å². The monoisotopic (exact) mass is 501 g/mol. The van der Waals surface area contributed by atoms with E-state index in [-0.39, 0.29) is 0 Å². The standard InChI is InChI=1S/C25H24BN5O4S/c1-16-13-20-22(30-36(2,34)35)11-6-12-23(20)31(16)25-28-21-10-4-3-9-19(21)24(29-25)27-15-17-7-5-8-18(14-17)26(32)33/h3-14,30,32-33H,15H2,1-2H3,(H,27,28,29). The molecule has 182 valence electrons. The van der Waals surface area contributed by atoms with Crippen LogP contribution in [0, 0.1) is 6.92 Å². The normalized spacial score (nSPS) is 11.7. The van der Waals surface area contributed by atoms with Crippen LogP contribution in [0.4, 0.5) is 11.5 Å². The van der Waals surface area contributed by atoms with E-state index in [0.717, 1.165) is 39.3 Å². The molecule has 0 unspecified atom stereocenters. The van der Waals surface area contributed by atoms with Crippen molar-refractivity contribution in [2.24, 2.45) is 0 Å². The maximum atomic E-state index is 11.9. The van der Waals surface area contributed by atoms with Gasteiger partial charge in [-0.15, -0.1) is 0 Å². The van der Waals surface area contributed by atoms with Gasteiger partial charge in [0, 0.05) is 23.0 Å². The van der Waals surface area contributed by atoms with E-state index < -0.39 is 17.1 Å². The lowest BCUT2D eigenvalue weighted by Gasteiger charge is -2.14. The van der Waals surface area contributed by atoms with Crippen molar-refractivity contribution in [2.45, 2.75) is 13.5 Å². The van der Waals surface area contributed by atoms with E-state index in [4.69, 9.17) is 9.97 Å². The predicted molar refractivity (Wildman–Crippen MR) is 143 cm³/mol. The largest absolute Gasteiger partial charge is 0.488 e. The van der Waals surface area contributed by atoms with Gasteiger partial charge in [0.1, 0.15) is 5.82 Å². The summed E-state index contributed by atoms with van der Waals surface area (Å²) in [4.78, 5) is 9.63. The third kappa shape index (κ3) is 4.76. The highest BCUT2D eigenvalue weighted by atomic mass is 32.2. The summed E-state index contributed by atoms with van der Waals surface area (Å²) in [5.74, 6) is 1.07. The van der Waals surface area contributed by atoms with Gasteiger partial charge in [0.15, 0.2) is 0 Å². The fourth-order valence-electron chi connectivity index (χ4n) is 4.27. The average molecular weight is 501 g/mol. The first-order chi connectivity index (χ1) is 17.2. The molecule has 0 bridgehead atoms. The summed E-state index contributed by atoms with van der Waals surface area (Å²) in [7, 11) is -4.98. The van der Waals surface area contributed by atoms with E-state index in [2.05, 4.69) is 10.0 Å². The van der Waals surface area contributed by atoms with Crippen LogP contribution in [0.3, 0.4) is 0 Å². The van der Waals surface area contributed by atoms with Crippen molar-refractivity contribution < 1.29 is 18.5 Å². The minimum Gasteiger partial charge on any atom is -0.423 e. The number of hydrogen-bond donors (Lipinski definition) is 4. The quantitative estimate of drug-likeness (QED) is 0.252. The van der Waals surface area contributed by atoms with E-state index in [1.807, 2.05) is 54.0 Å². The van der Waals surface area contributed by atoms with Crippen LogP contribution < -0.4 is 15.5 Å². The number of hydrogen-bond acceptors (Lipinski definition) is 7. The molecule has 0 fully saturated rings. The van der Waals surface area contributed by atoms with Gasteiger partial charge in [0.05, 0.1) is 23.0 Å². The van der Waals surface area contributed by atoms with Crippen molar-refractivity contribution in [3.8, 4) is 5.95 Å². The molecule has 2 aromatic heterocycles. The molecule has 0 atom stereocenters. The van der Waals surface area contributed by atoms with Crippen LogP contribution in [0.5, 0.6) is 0 Å². The lowest BCUT2D eigenvalue weighted by atomic mass is 9.80. The fourth-order valence-corrected chi connectivity index (χ4v) is 4.84. The van der Waals surface area contributed by atoms with Crippen molar-refractivity contribution >= 4 is 55.9 Å². The molecule has 0 saturated carbocycles. The Kier molecular flexibility index (Phi) is 6.13. The van der Waals surface area contributed by atoms with E-state index in [1.165, 1.54) is 0 Å². The van der Waals surface area contributed by atoms with E-state index in [9.17, 15) is 18.5 Å². The Labute approximate surface area is 208 Å². The van der Waals surface area contributed by atoms with Crippen LogP contribution in [0.2, 0.25) is 0 Å². The molecule has 0 aliphatic heterocycles. The van der Waals surface area contributed by atoms with E-state index in [0.29, 0.717) is 29.5 Å². The molecule has 4 N–H and O–H groups in total. The zero-order valence-corrected chi connectivity index (χ0v) is 20.5. The first kappa shape index (κ1) is 23.8. The molecule has 5 rings (SSSR count). The van der Waals surface area contributed by atoms with Crippen LogP contribution in [-0.4, -0.2) is 46.4 Å². The molecule has 0 radical (unpaired) electrons. The molecule has 36 heavy (non-hydrogen) atoms. The number of fused-ring (bicyclic) bond motifs is 2. The summed E-state index contributed by atoms with van der Waals surface area (Å²) in [6, 6.07) is 22.0. The second-order valence-corrected chi connectivity index (χ2v) is 10.3. The van der Waals surface area contributed by atoms with Crippen molar-refractivity contribution in [3.63, 3.8) is 0 Å². The summed E-state index contributed by atoms with van der Waals surface area (Å²) in [5, 5.41) is 23.9. The van der Waals surface area contributed by atoms with Crippen LogP contribution in [0.15, 0.2) is 72.8 Å². The van der Waals surface area contributed by atoms with Crippen molar-refractivity contribution in [1.29, 1.82) is 0 Å². The van der Waals surface area contributed by atoms with Gasteiger partial charge in [-0.25, -0.2) is 13.4 Å². The second kappa shape index (κ2) is 9.27. The van der Waals surface area contributed by atoms with Gasteiger partial charge in [0.2, 0.25) is 16.0 Å². The van der Waals surface area contributed by atoms with Gasteiger partial charge in [-0.2, -0.15) is 4.98 Å². The zero-order chi connectivity index (χ0) is 25.4. The lowest BCUT2D eigenvalue weighted by molar-refractivity contribution is 0.425. The van der Waals surface area contributed by atoms with Crippen LogP contribution >= 0.6 is 0 Å². The molecule has 0 aliphatic carbocycles. The first-order valence-corrected chi connectivity index (χ1v) is 13.1. The van der Waals surface area contributed by atoms with Gasteiger partial charge < -0.3 is 15.4 Å². The number of anilines is 2. The van der Waals surface area contributed by atoms with Gasteiger partial charge in [-0.1, -0.05) is 42.5 Å². The molecule has 11 heteroatoms. The van der Waals surface area contributed by atoms with E-state index in [1.54, 1.807) is 30.3 Å². The molecule has 0 saturated heterocycles. The maximum absolute atomic E-state index is 11.9.